The van der Waals surface area contributed by atoms with Crippen molar-refractivity contribution < 1.29 is 9.18 Å². The van der Waals surface area contributed by atoms with E-state index in [1.54, 1.807) is 42.5 Å². The highest BCUT2D eigenvalue weighted by atomic mass is 19.1. The number of aromatic nitrogens is 2. The molecule has 138 valence electrons. The summed E-state index contributed by atoms with van der Waals surface area (Å²) in [4.78, 5) is 27.2. The van der Waals surface area contributed by atoms with Crippen LogP contribution in [0.25, 0.3) is 0 Å². The monoisotopic (exact) mass is 357 g/mol. The number of likely N-dealkylation sites (N-methyl/N-ethyl adjacent to an activating group) is 1. The molecule has 2 heterocycles. The van der Waals surface area contributed by atoms with E-state index in [4.69, 9.17) is 0 Å². The Labute approximate surface area is 153 Å². The van der Waals surface area contributed by atoms with Crippen molar-refractivity contribution in [3.8, 4) is 0 Å². The topological polar surface area (TPSA) is 52.6 Å². The SMILES string of the molecule is CC(c1ccc(F)cc1)N(C)C(=O)CN1CCN(c2ncccn2)CC1. The zero-order valence-corrected chi connectivity index (χ0v) is 15.2. The first-order chi connectivity index (χ1) is 12.5. The van der Waals surface area contributed by atoms with Gasteiger partial charge in [0.25, 0.3) is 0 Å². The third-order valence-electron chi connectivity index (χ3n) is 4.89. The summed E-state index contributed by atoms with van der Waals surface area (Å²) in [6.07, 6.45) is 3.48. The van der Waals surface area contributed by atoms with E-state index in [2.05, 4.69) is 19.8 Å². The Hall–Kier alpha value is -2.54. The second kappa shape index (κ2) is 8.23. The molecule has 7 heteroatoms. The first-order valence-corrected chi connectivity index (χ1v) is 8.80. The molecule has 1 aliphatic rings. The van der Waals surface area contributed by atoms with Crippen molar-refractivity contribution in [2.45, 2.75) is 13.0 Å². The zero-order valence-electron chi connectivity index (χ0n) is 15.2. The van der Waals surface area contributed by atoms with Gasteiger partial charge in [-0.1, -0.05) is 12.1 Å². The molecule has 3 rings (SSSR count). The number of rotatable bonds is 5. The van der Waals surface area contributed by atoms with E-state index >= 15 is 0 Å². The van der Waals surface area contributed by atoms with Gasteiger partial charge in [0, 0.05) is 45.6 Å². The number of hydrogen-bond acceptors (Lipinski definition) is 5. The minimum atomic E-state index is -0.268. The molecule has 0 aliphatic carbocycles. The molecule has 1 saturated heterocycles. The lowest BCUT2D eigenvalue weighted by molar-refractivity contribution is -0.133. The number of benzene rings is 1. The molecule has 0 N–H and O–H groups in total. The number of anilines is 1. The molecule has 1 atom stereocenters. The summed E-state index contributed by atoms with van der Waals surface area (Å²) in [5.41, 5.74) is 0.924. The Morgan fingerprint density at radius 1 is 1.15 bits per heavy atom. The maximum absolute atomic E-state index is 13.1. The third-order valence-corrected chi connectivity index (χ3v) is 4.89. The first kappa shape index (κ1) is 18.3. The van der Waals surface area contributed by atoms with Crippen LogP contribution in [-0.4, -0.2) is 65.4 Å². The summed E-state index contributed by atoms with van der Waals surface area (Å²) in [7, 11) is 1.80. The van der Waals surface area contributed by atoms with Gasteiger partial charge in [0.15, 0.2) is 0 Å². The van der Waals surface area contributed by atoms with Crippen LogP contribution in [0.5, 0.6) is 0 Å². The molecule has 0 radical (unpaired) electrons. The number of hydrogen-bond donors (Lipinski definition) is 0. The molecule has 0 bridgehead atoms. The summed E-state index contributed by atoms with van der Waals surface area (Å²) in [5.74, 6) is 0.530. The molecule has 2 aromatic rings. The highest BCUT2D eigenvalue weighted by Crippen LogP contribution is 2.19. The second-order valence-electron chi connectivity index (χ2n) is 6.54. The van der Waals surface area contributed by atoms with Crippen molar-refractivity contribution >= 4 is 11.9 Å². The predicted molar refractivity (Wildman–Crippen MR) is 98.3 cm³/mol. The molecule has 0 spiro atoms. The number of carbonyl (C=O) groups is 1. The van der Waals surface area contributed by atoms with Crippen LogP contribution in [0.4, 0.5) is 10.3 Å². The van der Waals surface area contributed by atoms with E-state index in [-0.39, 0.29) is 17.8 Å². The van der Waals surface area contributed by atoms with Crippen molar-refractivity contribution in [2.75, 3.05) is 44.7 Å². The number of nitrogens with zero attached hydrogens (tertiary/aromatic N) is 5. The standard InChI is InChI=1S/C19H24FN5O/c1-15(16-4-6-17(20)7-5-16)23(2)18(26)14-24-10-12-25(13-11-24)19-21-8-3-9-22-19/h3-9,15H,10-14H2,1-2H3. The Balaban J connectivity index is 1.51. The molecule has 1 unspecified atom stereocenters. The van der Waals surface area contributed by atoms with Gasteiger partial charge in [0.05, 0.1) is 12.6 Å². The smallest absolute Gasteiger partial charge is 0.236 e. The fraction of sp³-hybridized carbons (Fsp3) is 0.421. The second-order valence-corrected chi connectivity index (χ2v) is 6.54. The molecule has 1 fully saturated rings. The minimum absolute atomic E-state index is 0.0613. The van der Waals surface area contributed by atoms with Gasteiger partial charge in [-0.05, 0) is 30.7 Å². The van der Waals surface area contributed by atoms with Gasteiger partial charge < -0.3 is 9.80 Å². The quantitative estimate of drug-likeness (QED) is 0.819. The Morgan fingerprint density at radius 3 is 2.38 bits per heavy atom. The van der Waals surface area contributed by atoms with E-state index in [1.807, 2.05) is 6.92 Å². The van der Waals surface area contributed by atoms with Crippen LogP contribution in [0.3, 0.4) is 0 Å². The third kappa shape index (κ3) is 4.35. The van der Waals surface area contributed by atoms with Crippen LogP contribution in [0, 0.1) is 5.82 Å². The van der Waals surface area contributed by atoms with Crippen LogP contribution in [0.15, 0.2) is 42.7 Å². The maximum atomic E-state index is 13.1. The van der Waals surface area contributed by atoms with Crippen molar-refractivity contribution in [1.82, 2.24) is 19.8 Å². The highest BCUT2D eigenvalue weighted by molar-refractivity contribution is 5.78. The van der Waals surface area contributed by atoms with Crippen molar-refractivity contribution in [3.63, 3.8) is 0 Å². The average Bonchev–Trinajstić information content (AvgIpc) is 2.68. The predicted octanol–water partition coefficient (Wildman–Crippen LogP) is 1.96. The summed E-state index contributed by atoms with van der Waals surface area (Å²) in [5, 5.41) is 0. The van der Waals surface area contributed by atoms with Crippen LogP contribution >= 0.6 is 0 Å². The number of piperazine rings is 1. The van der Waals surface area contributed by atoms with Crippen LogP contribution in [-0.2, 0) is 4.79 Å². The fourth-order valence-corrected chi connectivity index (χ4v) is 3.04. The molecule has 26 heavy (non-hydrogen) atoms. The Bertz CT molecular complexity index is 716. The summed E-state index contributed by atoms with van der Waals surface area (Å²) in [6.45, 7) is 5.52. The molecule has 1 amide bonds. The lowest BCUT2D eigenvalue weighted by Gasteiger charge is -2.35. The normalized spacial score (nSPS) is 16.3. The molecular weight excluding hydrogens is 333 g/mol. The van der Waals surface area contributed by atoms with Gasteiger partial charge in [-0.3, -0.25) is 9.69 Å². The highest BCUT2D eigenvalue weighted by Gasteiger charge is 2.23. The van der Waals surface area contributed by atoms with Gasteiger partial charge in [-0.15, -0.1) is 0 Å². The van der Waals surface area contributed by atoms with Gasteiger partial charge in [0.1, 0.15) is 5.82 Å². The van der Waals surface area contributed by atoms with E-state index in [1.165, 1.54) is 12.1 Å². The zero-order chi connectivity index (χ0) is 18.5. The molecule has 1 aromatic heterocycles. The molecule has 0 saturated carbocycles. The van der Waals surface area contributed by atoms with Gasteiger partial charge >= 0.3 is 0 Å². The van der Waals surface area contributed by atoms with Gasteiger partial charge in [-0.2, -0.15) is 0 Å². The molecular formula is C19H24FN5O. The Morgan fingerprint density at radius 2 is 1.77 bits per heavy atom. The Kier molecular flexibility index (Phi) is 5.78. The van der Waals surface area contributed by atoms with Crippen molar-refractivity contribution in [2.24, 2.45) is 0 Å². The van der Waals surface area contributed by atoms with Crippen LogP contribution in [0.2, 0.25) is 0 Å². The summed E-state index contributed by atoms with van der Waals surface area (Å²) >= 11 is 0. The summed E-state index contributed by atoms with van der Waals surface area (Å²) < 4.78 is 13.1. The van der Waals surface area contributed by atoms with Crippen molar-refractivity contribution in [1.29, 1.82) is 0 Å². The van der Waals surface area contributed by atoms with Gasteiger partial charge in [-0.25, -0.2) is 14.4 Å². The lowest BCUT2D eigenvalue weighted by Crippen LogP contribution is -2.50. The minimum Gasteiger partial charge on any atom is -0.338 e. The van der Waals surface area contributed by atoms with E-state index < -0.39 is 0 Å². The van der Waals surface area contributed by atoms with Crippen molar-refractivity contribution in [3.05, 3.63) is 54.1 Å². The van der Waals surface area contributed by atoms with E-state index in [0.717, 1.165) is 37.7 Å². The molecule has 6 nitrogen and oxygen atoms in total. The van der Waals surface area contributed by atoms with E-state index in [0.29, 0.717) is 6.54 Å². The number of halogens is 1. The fourth-order valence-electron chi connectivity index (χ4n) is 3.04. The molecule has 1 aromatic carbocycles. The number of amides is 1. The average molecular weight is 357 g/mol. The van der Waals surface area contributed by atoms with E-state index in [9.17, 15) is 9.18 Å². The largest absolute Gasteiger partial charge is 0.338 e. The van der Waals surface area contributed by atoms with Crippen LogP contribution < -0.4 is 4.90 Å². The van der Waals surface area contributed by atoms with Crippen LogP contribution in [0.1, 0.15) is 18.5 Å². The summed E-state index contributed by atoms with van der Waals surface area (Å²) in [6, 6.07) is 8.01. The maximum Gasteiger partial charge on any atom is 0.236 e. The molecule has 1 aliphatic heterocycles. The lowest BCUT2D eigenvalue weighted by atomic mass is 10.1. The number of carbonyl (C=O) groups excluding carboxylic acids is 1. The van der Waals surface area contributed by atoms with Gasteiger partial charge in [0.2, 0.25) is 11.9 Å². The first-order valence-electron chi connectivity index (χ1n) is 8.80.